The second-order valence-corrected chi connectivity index (χ2v) is 5.25. The maximum Gasteiger partial charge on any atom is 0.120 e. The summed E-state index contributed by atoms with van der Waals surface area (Å²) in [6.45, 7) is 2.24. The number of ether oxygens (including phenoxy) is 2. The number of hydrogen-bond donors (Lipinski definition) is 1. The van der Waals surface area contributed by atoms with Crippen LogP contribution in [0.2, 0.25) is 0 Å². The summed E-state index contributed by atoms with van der Waals surface area (Å²) in [6, 6.07) is 7.75. The minimum Gasteiger partial charge on any atom is -0.493 e. The number of hydrogen-bond acceptors (Lipinski definition) is 3. The van der Waals surface area contributed by atoms with Gasteiger partial charge in [-0.25, -0.2) is 0 Å². The normalized spacial score (nSPS) is 21.4. The molecule has 94 valence electrons. The van der Waals surface area contributed by atoms with Gasteiger partial charge in [0.2, 0.25) is 0 Å². The molecule has 0 amide bonds. The third kappa shape index (κ3) is 3.69. The fourth-order valence-corrected chi connectivity index (χ4v) is 2.40. The molecule has 1 aromatic carbocycles. The molecule has 0 saturated carbocycles. The third-order valence-electron chi connectivity index (χ3n) is 3.13. The van der Waals surface area contributed by atoms with Crippen molar-refractivity contribution in [2.75, 3.05) is 26.4 Å². The van der Waals surface area contributed by atoms with E-state index in [1.165, 1.54) is 0 Å². The van der Waals surface area contributed by atoms with Crippen LogP contribution in [0.3, 0.4) is 0 Å². The van der Waals surface area contributed by atoms with E-state index >= 15 is 0 Å². The minimum atomic E-state index is 0.155. The molecule has 2 atom stereocenters. The predicted molar refractivity (Wildman–Crippen MR) is 69.1 cm³/mol. The summed E-state index contributed by atoms with van der Waals surface area (Å²) >= 11 is 3.40. The molecule has 4 heteroatoms. The quantitative estimate of drug-likeness (QED) is 0.908. The topological polar surface area (TPSA) is 38.7 Å². The molecule has 0 bridgehead atoms. The largest absolute Gasteiger partial charge is 0.493 e. The average molecular weight is 301 g/mol. The van der Waals surface area contributed by atoms with Crippen LogP contribution in [0.15, 0.2) is 28.7 Å². The fraction of sp³-hybridized carbons (Fsp3) is 0.538. The molecular formula is C13H17BrO3. The smallest absolute Gasteiger partial charge is 0.120 e. The first-order chi connectivity index (χ1) is 8.29. The maximum atomic E-state index is 9.37. The molecule has 1 aromatic rings. The Bertz CT molecular complexity index is 350. The van der Waals surface area contributed by atoms with Crippen LogP contribution >= 0.6 is 15.9 Å². The van der Waals surface area contributed by atoms with E-state index in [4.69, 9.17) is 9.47 Å². The van der Waals surface area contributed by atoms with Gasteiger partial charge in [0.05, 0.1) is 6.61 Å². The van der Waals surface area contributed by atoms with Crippen LogP contribution in [-0.2, 0) is 4.74 Å². The van der Waals surface area contributed by atoms with Crippen molar-refractivity contribution >= 4 is 15.9 Å². The van der Waals surface area contributed by atoms with Crippen LogP contribution in [0, 0.1) is 11.8 Å². The van der Waals surface area contributed by atoms with Crippen LogP contribution in [0.1, 0.15) is 6.42 Å². The van der Waals surface area contributed by atoms with Crippen molar-refractivity contribution in [1.29, 1.82) is 0 Å². The minimum absolute atomic E-state index is 0.155. The molecule has 17 heavy (non-hydrogen) atoms. The van der Waals surface area contributed by atoms with E-state index in [0.717, 1.165) is 29.9 Å². The van der Waals surface area contributed by atoms with Gasteiger partial charge in [-0.05, 0) is 30.5 Å². The number of aliphatic hydroxyl groups is 1. The first-order valence-electron chi connectivity index (χ1n) is 5.86. The Morgan fingerprint density at radius 1 is 1.53 bits per heavy atom. The van der Waals surface area contributed by atoms with Crippen LogP contribution in [0.25, 0.3) is 0 Å². The van der Waals surface area contributed by atoms with Gasteiger partial charge in [0.15, 0.2) is 0 Å². The van der Waals surface area contributed by atoms with Gasteiger partial charge in [0.1, 0.15) is 5.75 Å². The Labute approximate surface area is 110 Å². The Balaban J connectivity index is 1.87. The molecule has 1 aliphatic rings. The zero-order chi connectivity index (χ0) is 12.1. The van der Waals surface area contributed by atoms with Crippen molar-refractivity contribution in [3.63, 3.8) is 0 Å². The third-order valence-corrected chi connectivity index (χ3v) is 3.62. The van der Waals surface area contributed by atoms with Crippen LogP contribution < -0.4 is 4.74 Å². The Morgan fingerprint density at radius 2 is 2.41 bits per heavy atom. The number of rotatable bonds is 5. The summed E-state index contributed by atoms with van der Waals surface area (Å²) in [5.41, 5.74) is 0. The number of benzene rings is 1. The standard InChI is InChI=1S/C13H17BrO3/c14-12-2-1-3-13(6-12)17-9-11(7-15)10-4-5-16-8-10/h1-3,6,10-11,15H,4-5,7-9H2. The molecule has 0 aliphatic carbocycles. The van der Waals surface area contributed by atoms with E-state index in [2.05, 4.69) is 15.9 Å². The van der Waals surface area contributed by atoms with Crippen molar-refractivity contribution in [2.24, 2.45) is 11.8 Å². The van der Waals surface area contributed by atoms with Crippen molar-refractivity contribution < 1.29 is 14.6 Å². The van der Waals surface area contributed by atoms with Crippen molar-refractivity contribution in [1.82, 2.24) is 0 Å². The lowest BCUT2D eigenvalue weighted by atomic mass is 9.93. The van der Waals surface area contributed by atoms with E-state index in [1.807, 2.05) is 24.3 Å². The first kappa shape index (κ1) is 12.9. The summed E-state index contributed by atoms with van der Waals surface area (Å²) in [6.07, 6.45) is 1.02. The second-order valence-electron chi connectivity index (χ2n) is 4.33. The van der Waals surface area contributed by atoms with Crippen molar-refractivity contribution in [3.05, 3.63) is 28.7 Å². The number of halogens is 1. The average Bonchev–Trinajstić information content (AvgIpc) is 2.84. The van der Waals surface area contributed by atoms with E-state index in [9.17, 15) is 5.11 Å². The molecule has 2 rings (SSSR count). The van der Waals surface area contributed by atoms with Crippen molar-refractivity contribution in [2.45, 2.75) is 6.42 Å². The van der Waals surface area contributed by atoms with Gasteiger partial charge < -0.3 is 14.6 Å². The van der Waals surface area contributed by atoms with E-state index in [1.54, 1.807) is 0 Å². The van der Waals surface area contributed by atoms with Gasteiger partial charge in [0.25, 0.3) is 0 Å². The summed E-state index contributed by atoms with van der Waals surface area (Å²) < 4.78 is 12.0. The molecule has 1 aliphatic heterocycles. The highest BCUT2D eigenvalue weighted by atomic mass is 79.9. The molecule has 1 fully saturated rings. The molecular weight excluding hydrogens is 284 g/mol. The summed E-state index contributed by atoms with van der Waals surface area (Å²) in [5, 5.41) is 9.37. The second kappa shape index (κ2) is 6.38. The first-order valence-corrected chi connectivity index (χ1v) is 6.66. The maximum absolute atomic E-state index is 9.37. The molecule has 0 spiro atoms. The lowest BCUT2D eigenvalue weighted by molar-refractivity contribution is 0.102. The molecule has 2 unspecified atom stereocenters. The van der Waals surface area contributed by atoms with Crippen LogP contribution in [-0.4, -0.2) is 31.5 Å². The molecule has 1 heterocycles. The Morgan fingerprint density at radius 3 is 3.06 bits per heavy atom. The summed E-state index contributed by atoms with van der Waals surface area (Å²) in [7, 11) is 0. The van der Waals surface area contributed by atoms with Gasteiger partial charge in [-0.3, -0.25) is 0 Å². The van der Waals surface area contributed by atoms with E-state index in [-0.39, 0.29) is 12.5 Å². The lowest BCUT2D eigenvalue weighted by Gasteiger charge is -2.20. The lowest BCUT2D eigenvalue weighted by Crippen LogP contribution is -2.25. The van der Waals surface area contributed by atoms with Crippen molar-refractivity contribution in [3.8, 4) is 5.75 Å². The van der Waals surface area contributed by atoms with Crippen LogP contribution in [0.4, 0.5) is 0 Å². The van der Waals surface area contributed by atoms with Gasteiger partial charge in [-0.1, -0.05) is 22.0 Å². The molecule has 1 N–H and O–H groups in total. The highest BCUT2D eigenvalue weighted by molar-refractivity contribution is 9.10. The predicted octanol–water partition coefficient (Wildman–Crippen LogP) is 2.47. The monoisotopic (exact) mass is 300 g/mol. The molecule has 0 radical (unpaired) electrons. The zero-order valence-corrected chi connectivity index (χ0v) is 11.2. The highest BCUT2D eigenvalue weighted by Gasteiger charge is 2.25. The number of aliphatic hydroxyl groups excluding tert-OH is 1. The Hall–Kier alpha value is -0.580. The van der Waals surface area contributed by atoms with Gasteiger partial charge in [-0.15, -0.1) is 0 Å². The SMILES string of the molecule is OCC(COc1cccc(Br)c1)C1CCOC1. The molecule has 3 nitrogen and oxygen atoms in total. The molecule has 0 aromatic heterocycles. The van der Waals surface area contributed by atoms with Crippen LogP contribution in [0.5, 0.6) is 5.75 Å². The fourth-order valence-electron chi connectivity index (χ4n) is 2.02. The summed E-state index contributed by atoms with van der Waals surface area (Å²) in [5.74, 6) is 1.42. The summed E-state index contributed by atoms with van der Waals surface area (Å²) in [4.78, 5) is 0. The van der Waals surface area contributed by atoms with E-state index in [0.29, 0.717) is 12.5 Å². The van der Waals surface area contributed by atoms with Gasteiger partial charge >= 0.3 is 0 Å². The highest BCUT2D eigenvalue weighted by Crippen LogP contribution is 2.24. The van der Waals surface area contributed by atoms with Gasteiger partial charge in [0, 0.05) is 30.2 Å². The zero-order valence-electron chi connectivity index (χ0n) is 9.64. The molecule has 1 saturated heterocycles. The van der Waals surface area contributed by atoms with Gasteiger partial charge in [-0.2, -0.15) is 0 Å². The van der Waals surface area contributed by atoms with E-state index < -0.39 is 0 Å². The Kier molecular flexibility index (Phi) is 4.83.